The molecule has 0 aliphatic carbocycles. The molecule has 1 aromatic rings. The molecule has 7 heteroatoms. The van der Waals surface area contributed by atoms with E-state index < -0.39 is 15.7 Å². The number of carbonyl (C=O) groups excluding carboxylic acids is 1. The van der Waals surface area contributed by atoms with Gasteiger partial charge in [0, 0.05) is 18.7 Å². The first-order valence-corrected chi connectivity index (χ1v) is 7.83. The zero-order valence-corrected chi connectivity index (χ0v) is 12.1. The van der Waals surface area contributed by atoms with E-state index >= 15 is 0 Å². The lowest BCUT2D eigenvalue weighted by Crippen LogP contribution is -2.14. The maximum atomic E-state index is 11.6. The highest BCUT2D eigenvalue weighted by molar-refractivity contribution is 7.90. The Kier molecular flexibility index (Phi) is 4.88. The third-order valence-electron chi connectivity index (χ3n) is 2.34. The van der Waals surface area contributed by atoms with Gasteiger partial charge in [0.05, 0.1) is 0 Å². The van der Waals surface area contributed by atoms with Crippen LogP contribution in [0.15, 0.2) is 17.2 Å². The van der Waals surface area contributed by atoms with E-state index in [4.69, 9.17) is 5.73 Å². The lowest BCUT2D eigenvalue weighted by molar-refractivity contribution is -0.117. The van der Waals surface area contributed by atoms with Gasteiger partial charge in [0.2, 0.25) is 5.91 Å². The van der Waals surface area contributed by atoms with Crippen LogP contribution in [0.2, 0.25) is 0 Å². The van der Waals surface area contributed by atoms with E-state index in [0.29, 0.717) is 12.2 Å². The molecule has 1 heterocycles. The summed E-state index contributed by atoms with van der Waals surface area (Å²) in [7, 11) is -3.39. The Morgan fingerprint density at radius 1 is 1.42 bits per heavy atom. The lowest BCUT2D eigenvalue weighted by Gasteiger charge is -2.12. The van der Waals surface area contributed by atoms with Gasteiger partial charge < -0.3 is 11.1 Å². The van der Waals surface area contributed by atoms with Crippen LogP contribution < -0.4 is 11.1 Å². The molecule has 0 aliphatic rings. The second kappa shape index (κ2) is 6.01. The van der Waals surface area contributed by atoms with Crippen molar-refractivity contribution in [2.75, 3.05) is 11.6 Å². The van der Waals surface area contributed by atoms with Crippen LogP contribution in [0.25, 0.3) is 0 Å². The molecule has 1 rings (SSSR count). The molecule has 0 aliphatic heterocycles. The average molecular weight is 285 g/mol. The molecule has 0 atom stereocenters. The fraction of sp³-hybridized carbons (Fsp3) is 0.500. The third-order valence-corrected chi connectivity index (χ3v) is 3.31. The molecule has 1 amide bonds. The largest absolute Gasteiger partial charge is 0.370 e. The topological polar surface area (TPSA) is 102 Å². The summed E-state index contributed by atoms with van der Waals surface area (Å²) in [4.78, 5) is 14.8. The first-order valence-electron chi connectivity index (χ1n) is 5.94. The number of aryl methyl sites for hydroxylation is 1. The van der Waals surface area contributed by atoms with Crippen molar-refractivity contribution in [3.63, 3.8) is 0 Å². The molecule has 6 nitrogen and oxygen atoms in total. The van der Waals surface area contributed by atoms with Crippen LogP contribution in [-0.2, 0) is 21.1 Å². The maximum Gasteiger partial charge on any atom is 0.217 e. The molecule has 0 spiro atoms. The van der Waals surface area contributed by atoms with Crippen LogP contribution in [0.4, 0.5) is 5.82 Å². The van der Waals surface area contributed by atoms with Crippen LogP contribution >= 0.6 is 0 Å². The average Bonchev–Trinajstić information content (AvgIpc) is 2.24. The number of amides is 1. The number of nitrogens with one attached hydrogen (secondary N) is 1. The van der Waals surface area contributed by atoms with Crippen molar-refractivity contribution in [2.24, 2.45) is 5.73 Å². The molecule has 1 aromatic heterocycles. The van der Waals surface area contributed by atoms with E-state index in [9.17, 15) is 13.2 Å². The standard InChI is InChI=1S/C12H19N3O3S/c1-8(2)14-11-6-9(4-5-10(13)16)7-12(15-11)19(3,17)18/h6-8H,4-5H2,1-3H3,(H2,13,16)(H,14,15). The zero-order valence-electron chi connectivity index (χ0n) is 11.3. The van der Waals surface area contributed by atoms with E-state index in [2.05, 4.69) is 10.3 Å². The Morgan fingerprint density at radius 2 is 2.05 bits per heavy atom. The minimum absolute atomic E-state index is 0.00220. The quantitative estimate of drug-likeness (QED) is 0.802. The van der Waals surface area contributed by atoms with Crippen LogP contribution in [0.1, 0.15) is 25.8 Å². The van der Waals surface area contributed by atoms with Crippen molar-refractivity contribution in [1.82, 2.24) is 4.98 Å². The van der Waals surface area contributed by atoms with Crippen molar-refractivity contribution in [3.05, 3.63) is 17.7 Å². The highest BCUT2D eigenvalue weighted by Gasteiger charge is 2.13. The Hall–Kier alpha value is -1.63. The van der Waals surface area contributed by atoms with Gasteiger partial charge in [-0.2, -0.15) is 0 Å². The highest BCUT2D eigenvalue weighted by atomic mass is 32.2. The van der Waals surface area contributed by atoms with Crippen molar-refractivity contribution in [1.29, 1.82) is 0 Å². The number of pyridine rings is 1. The van der Waals surface area contributed by atoms with Gasteiger partial charge in [-0.1, -0.05) is 0 Å². The van der Waals surface area contributed by atoms with Gasteiger partial charge in [-0.3, -0.25) is 4.79 Å². The number of hydrogen-bond acceptors (Lipinski definition) is 5. The van der Waals surface area contributed by atoms with Crippen molar-refractivity contribution >= 4 is 21.6 Å². The van der Waals surface area contributed by atoms with E-state index in [1.54, 1.807) is 6.07 Å². The normalized spacial score (nSPS) is 11.6. The number of carbonyl (C=O) groups is 1. The predicted molar refractivity (Wildman–Crippen MR) is 73.6 cm³/mol. The molecule has 106 valence electrons. The molecule has 0 bridgehead atoms. The van der Waals surface area contributed by atoms with Gasteiger partial charge in [0.25, 0.3) is 0 Å². The first kappa shape index (κ1) is 15.4. The molecule has 19 heavy (non-hydrogen) atoms. The minimum atomic E-state index is -3.39. The molecular weight excluding hydrogens is 266 g/mol. The number of anilines is 1. The van der Waals surface area contributed by atoms with Crippen molar-refractivity contribution in [3.8, 4) is 0 Å². The number of hydrogen-bond donors (Lipinski definition) is 2. The number of rotatable bonds is 6. The first-order chi connectivity index (χ1) is 8.68. The summed E-state index contributed by atoms with van der Waals surface area (Å²) >= 11 is 0. The molecule has 0 saturated carbocycles. The minimum Gasteiger partial charge on any atom is -0.370 e. The monoisotopic (exact) mass is 285 g/mol. The van der Waals surface area contributed by atoms with E-state index in [0.717, 1.165) is 11.8 Å². The smallest absolute Gasteiger partial charge is 0.217 e. The molecule has 0 fully saturated rings. The number of nitrogens with zero attached hydrogens (tertiary/aromatic N) is 1. The molecule has 3 N–H and O–H groups in total. The highest BCUT2D eigenvalue weighted by Crippen LogP contribution is 2.16. The van der Waals surface area contributed by atoms with Gasteiger partial charge >= 0.3 is 0 Å². The van der Waals surface area contributed by atoms with Gasteiger partial charge in [-0.15, -0.1) is 0 Å². The van der Waals surface area contributed by atoms with Gasteiger partial charge in [0.1, 0.15) is 5.82 Å². The summed E-state index contributed by atoms with van der Waals surface area (Å²) in [6.07, 6.45) is 1.67. The fourth-order valence-electron chi connectivity index (χ4n) is 1.53. The van der Waals surface area contributed by atoms with Gasteiger partial charge in [0.15, 0.2) is 14.9 Å². The number of aromatic nitrogens is 1. The summed E-state index contributed by atoms with van der Waals surface area (Å²) in [6, 6.07) is 3.34. The van der Waals surface area contributed by atoms with Crippen molar-refractivity contribution < 1.29 is 13.2 Å². The molecule has 0 saturated heterocycles. The van der Waals surface area contributed by atoms with Crippen molar-refractivity contribution in [2.45, 2.75) is 37.8 Å². The number of nitrogens with two attached hydrogens (primary N) is 1. The summed E-state index contributed by atoms with van der Waals surface area (Å²) in [5.41, 5.74) is 5.81. The zero-order chi connectivity index (χ0) is 14.6. The summed E-state index contributed by atoms with van der Waals surface area (Å²) < 4.78 is 23.2. The summed E-state index contributed by atoms with van der Waals surface area (Å²) in [5, 5.41) is 3.05. The predicted octanol–water partition coefficient (Wildman–Crippen LogP) is 0.723. The molecular formula is C12H19N3O3S. The number of sulfone groups is 1. The van der Waals surface area contributed by atoms with Crippen LogP contribution in [-0.4, -0.2) is 31.6 Å². The second-order valence-electron chi connectivity index (χ2n) is 4.74. The fourth-order valence-corrected chi connectivity index (χ4v) is 2.16. The summed E-state index contributed by atoms with van der Waals surface area (Å²) in [5.74, 6) is 0.0634. The molecule has 0 aromatic carbocycles. The molecule has 0 radical (unpaired) electrons. The SMILES string of the molecule is CC(C)Nc1cc(CCC(N)=O)cc(S(C)(=O)=O)n1. The maximum absolute atomic E-state index is 11.6. The molecule has 0 unspecified atom stereocenters. The Morgan fingerprint density at radius 3 is 2.53 bits per heavy atom. The Bertz CT molecular complexity index is 568. The van der Waals surface area contributed by atoms with Gasteiger partial charge in [-0.25, -0.2) is 13.4 Å². The van der Waals surface area contributed by atoms with Crippen LogP contribution in [0.3, 0.4) is 0 Å². The lowest BCUT2D eigenvalue weighted by atomic mass is 10.1. The van der Waals surface area contributed by atoms with Crippen LogP contribution in [0, 0.1) is 0 Å². The van der Waals surface area contributed by atoms with Gasteiger partial charge in [-0.05, 0) is 38.0 Å². The second-order valence-corrected chi connectivity index (χ2v) is 6.70. The van der Waals surface area contributed by atoms with E-state index in [1.807, 2.05) is 13.8 Å². The Labute approximate surface area is 113 Å². The van der Waals surface area contributed by atoms with Crippen LogP contribution in [0.5, 0.6) is 0 Å². The van der Waals surface area contributed by atoms with E-state index in [-0.39, 0.29) is 17.5 Å². The summed E-state index contributed by atoms with van der Waals surface area (Å²) in [6.45, 7) is 3.86. The third kappa shape index (κ3) is 5.25. The number of primary amides is 1. The Balaban J connectivity index is 3.12. The van der Waals surface area contributed by atoms with E-state index in [1.165, 1.54) is 6.07 Å².